The van der Waals surface area contributed by atoms with Crippen molar-refractivity contribution in [2.45, 2.75) is 65.8 Å². The van der Waals surface area contributed by atoms with Crippen molar-refractivity contribution in [1.29, 1.82) is 0 Å². The van der Waals surface area contributed by atoms with Crippen LogP contribution in [0.2, 0.25) is 0 Å². The van der Waals surface area contributed by atoms with E-state index in [-0.39, 0.29) is 10.8 Å². The zero-order valence-corrected chi connectivity index (χ0v) is 36.5. The number of para-hydroxylation sites is 4. The fourth-order valence-corrected chi connectivity index (χ4v) is 8.78. The van der Waals surface area contributed by atoms with Crippen LogP contribution in [0.25, 0.3) is 44.1 Å². The smallest absolute Gasteiger partial charge is 0.0571 e. The summed E-state index contributed by atoms with van der Waals surface area (Å²) in [5.74, 6) is 0. The molecule has 0 atom stereocenters. The van der Waals surface area contributed by atoms with Crippen molar-refractivity contribution in [1.82, 2.24) is 4.57 Å². The maximum atomic E-state index is 2.58. The van der Waals surface area contributed by atoms with Crippen molar-refractivity contribution in [3.8, 4) is 22.3 Å². The minimum atomic E-state index is -0.0510. The topological polar surface area (TPSA) is 11.4 Å². The zero-order chi connectivity index (χ0) is 42.3. The summed E-state index contributed by atoms with van der Waals surface area (Å²) in [7, 11) is 0. The predicted octanol–water partition coefficient (Wildman–Crippen LogP) is 16.7. The van der Waals surface area contributed by atoms with Gasteiger partial charge in [0, 0.05) is 62.6 Å². The quantitative estimate of drug-likeness (QED) is 0.144. The van der Waals surface area contributed by atoms with Gasteiger partial charge in [0.15, 0.2) is 0 Å². The van der Waals surface area contributed by atoms with Crippen LogP contribution in [0.3, 0.4) is 0 Å². The van der Waals surface area contributed by atoms with Gasteiger partial charge in [0.2, 0.25) is 0 Å². The van der Waals surface area contributed by atoms with Crippen molar-refractivity contribution in [2.75, 3.05) is 9.80 Å². The Morgan fingerprint density at radius 3 is 0.902 bits per heavy atom. The molecule has 3 nitrogen and oxygen atoms in total. The number of rotatable bonds is 9. The number of nitrogens with zero attached hydrogens (tertiary/aromatic N) is 3. The maximum absolute atomic E-state index is 2.58. The molecule has 0 spiro atoms. The van der Waals surface area contributed by atoms with E-state index in [9.17, 15) is 0 Å². The fourth-order valence-electron chi connectivity index (χ4n) is 8.78. The first-order valence-corrected chi connectivity index (χ1v) is 21.7. The number of benzene rings is 8. The van der Waals surface area contributed by atoms with Crippen molar-refractivity contribution in [2.24, 2.45) is 0 Å². The van der Waals surface area contributed by atoms with E-state index in [2.05, 4.69) is 257 Å². The second kappa shape index (κ2) is 16.0. The van der Waals surface area contributed by atoms with Gasteiger partial charge in [-0.15, -0.1) is 0 Å². The highest BCUT2D eigenvalue weighted by Crippen LogP contribution is 2.46. The molecule has 1 heterocycles. The summed E-state index contributed by atoms with van der Waals surface area (Å²) in [5, 5.41) is 2.61. The number of hydrogen-bond donors (Lipinski definition) is 0. The van der Waals surface area contributed by atoms with Crippen LogP contribution >= 0.6 is 0 Å². The molecule has 0 saturated carbocycles. The van der Waals surface area contributed by atoms with Gasteiger partial charge in [0.25, 0.3) is 0 Å². The second-order valence-corrected chi connectivity index (χ2v) is 18.2. The van der Waals surface area contributed by atoms with Crippen molar-refractivity contribution in [3.05, 3.63) is 205 Å². The molecule has 0 N–H and O–H groups in total. The molecule has 0 aliphatic rings. The van der Waals surface area contributed by atoms with Gasteiger partial charge in [-0.1, -0.05) is 139 Å². The van der Waals surface area contributed by atoms with Crippen LogP contribution in [0, 0.1) is 0 Å². The van der Waals surface area contributed by atoms with Gasteiger partial charge in [-0.3, -0.25) is 0 Å². The lowest BCUT2D eigenvalue weighted by molar-refractivity contribution is 0.590. The summed E-state index contributed by atoms with van der Waals surface area (Å²) in [6.07, 6.45) is 0. The summed E-state index contributed by atoms with van der Waals surface area (Å²) in [6, 6.07) is 70.8. The summed E-state index contributed by atoms with van der Waals surface area (Å²) in [4.78, 5) is 4.66. The third-order valence-electron chi connectivity index (χ3n) is 12.0. The molecule has 8 aromatic carbocycles. The Morgan fingerprint density at radius 2 is 0.639 bits per heavy atom. The Hall–Kier alpha value is -6.84. The molecule has 61 heavy (non-hydrogen) atoms. The normalized spacial score (nSPS) is 11.9. The Bertz CT molecular complexity index is 2640. The van der Waals surface area contributed by atoms with Crippen LogP contribution in [0.4, 0.5) is 34.1 Å². The molecular formula is C58H55N3. The lowest BCUT2D eigenvalue weighted by Gasteiger charge is -2.26. The van der Waals surface area contributed by atoms with Gasteiger partial charge in [0.1, 0.15) is 0 Å². The maximum Gasteiger partial charge on any atom is 0.0571 e. The summed E-state index contributed by atoms with van der Waals surface area (Å²) < 4.78 is 2.58. The van der Waals surface area contributed by atoms with Crippen LogP contribution in [0.15, 0.2) is 194 Å². The van der Waals surface area contributed by atoms with Gasteiger partial charge < -0.3 is 14.4 Å². The minimum Gasteiger partial charge on any atom is -0.340 e. The second-order valence-electron chi connectivity index (χ2n) is 18.2. The molecule has 3 heteroatoms. The van der Waals surface area contributed by atoms with Crippen LogP contribution < -0.4 is 9.80 Å². The van der Waals surface area contributed by atoms with E-state index < -0.39 is 0 Å². The predicted molar refractivity (Wildman–Crippen MR) is 263 cm³/mol. The van der Waals surface area contributed by atoms with E-state index >= 15 is 0 Å². The Balaban J connectivity index is 1.24. The van der Waals surface area contributed by atoms with Crippen LogP contribution in [-0.4, -0.2) is 4.57 Å². The van der Waals surface area contributed by atoms with Gasteiger partial charge in [-0.2, -0.15) is 0 Å². The summed E-state index contributed by atoms with van der Waals surface area (Å²) >= 11 is 0. The molecule has 9 rings (SSSR count). The molecule has 302 valence electrons. The van der Waals surface area contributed by atoms with Gasteiger partial charge >= 0.3 is 0 Å². The molecule has 0 radical (unpaired) electrons. The standard InChI is InChI=1S/C58H55N3/c1-8-59-55-51(41-29-33-49(34-30-41)60(45-21-13-9-14-22-45)46-23-15-10-16-24-46)37-43(57(2,3)4)39-53(55)54-40-44(58(5,6)7)38-52(56(54)59)42-31-35-50(36-32-42)61(47-25-17-11-18-26-47)48-27-19-12-20-28-48/h9-40H,8H2,1-7H3. The van der Waals surface area contributed by atoms with Crippen molar-refractivity contribution < 1.29 is 0 Å². The third kappa shape index (κ3) is 7.62. The highest BCUT2D eigenvalue weighted by molar-refractivity contribution is 6.17. The molecule has 1 aromatic heterocycles. The minimum absolute atomic E-state index is 0.0510. The lowest BCUT2D eigenvalue weighted by atomic mass is 9.82. The number of aromatic nitrogens is 1. The highest BCUT2D eigenvalue weighted by Gasteiger charge is 2.26. The average Bonchev–Trinajstić information content (AvgIpc) is 3.61. The van der Waals surface area contributed by atoms with E-state index in [0.29, 0.717) is 0 Å². The molecular weight excluding hydrogens is 739 g/mol. The molecule has 0 unspecified atom stereocenters. The van der Waals surface area contributed by atoms with Gasteiger partial charge in [-0.05, 0) is 137 Å². The van der Waals surface area contributed by atoms with Crippen molar-refractivity contribution in [3.63, 3.8) is 0 Å². The van der Waals surface area contributed by atoms with Gasteiger partial charge in [-0.25, -0.2) is 0 Å². The number of aryl methyl sites for hydroxylation is 1. The molecule has 0 amide bonds. The largest absolute Gasteiger partial charge is 0.340 e. The Morgan fingerprint density at radius 1 is 0.361 bits per heavy atom. The number of anilines is 6. The number of fused-ring (bicyclic) bond motifs is 3. The monoisotopic (exact) mass is 793 g/mol. The van der Waals surface area contributed by atoms with Crippen LogP contribution in [0.5, 0.6) is 0 Å². The van der Waals surface area contributed by atoms with Gasteiger partial charge in [0.05, 0.1) is 11.0 Å². The first-order valence-electron chi connectivity index (χ1n) is 21.7. The summed E-state index contributed by atoms with van der Waals surface area (Å²) in [5.41, 5.74) is 16.8. The van der Waals surface area contributed by atoms with Crippen molar-refractivity contribution >= 4 is 55.9 Å². The van der Waals surface area contributed by atoms with Crippen LogP contribution in [0.1, 0.15) is 59.6 Å². The highest BCUT2D eigenvalue weighted by atomic mass is 15.1. The molecule has 0 fully saturated rings. The molecule has 0 aliphatic carbocycles. The molecule has 0 saturated heterocycles. The van der Waals surface area contributed by atoms with E-state index in [1.807, 2.05) is 0 Å². The molecule has 0 bridgehead atoms. The Kier molecular flexibility index (Phi) is 10.4. The fraction of sp³-hybridized carbons (Fsp3) is 0.172. The van der Waals surface area contributed by atoms with E-state index in [1.165, 1.54) is 55.2 Å². The zero-order valence-electron chi connectivity index (χ0n) is 36.5. The molecule has 9 aromatic rings. The SMILES string of the molecule is CCn1c2c(-c3ccc(N(c4ccccc4)c4ccccc4)cc3)cc(C(C)(C)C)cc2c2cc(C(C)(C)C)cc(-c3ccc(N(c4ccccc4)c4ccccc4)cc3)c21. The van der Waals surface area contributed by atoms with E-state index in [0.717, 1.165) is 40.7 Å². The Labute approximate surface area is 362 Å². The van der Waals surface area contributed by atoms with E-state index in [4.69, 9.17) is 0 Å². The van der Waals surface area contributed by atoms with E-state index in [1.54, 1.807) is 0 Å². The molecule has 0 aliphatic heterocycles. The average molecular weight is 794 g/mol. The summed E-state index contributed by atoms with van der Waals surface area (Å²) in [6.45, 7) is 17.1. The van der Waals surface area contributed by atoms with Crippen LogP contribution in [-0.2, 0) is 17.4 Å². The first-order chi connectivity index (χ1) is 29.5. The third-order valence-corrected chi connectivity index (χ3v) is 12.0. The lowest BCUT2D eigenvalue weighted by Crippen LogP contribution is -2.11. The first kappa shape index (κ1) is 39.6. The number of hydrogen-bond acceptors (Lipinski definition) is 2.